The summed E-state index contributed by atoms with van der Waals surface area (Å²) in [4.78, 5) is 37.9. The fraction of sp³-hybridized carbons (Fsp3) is 0.222. The summed E-state index contributed by atoms with van der Waals surface area (Å²) in [5.74, 6) is -1.08. The first-order valence-electron chi connectivity index (χ1n) is 9.93. The van der Waals surface area contributed by atoms with Gasteiger partial charge in [0.2, 0.25) is 11.6 Å². The Bertz CT molecular complexity index is 1480. The summed E-state index contributed by atoms with van der Waals surface area (Å²) in [7, 11) is 0. The van der Waals surface area contributed by atoms with Crippen LogP contribution in [-0.2, 0) is 6.42 Å². The average molecular weight is 450 g/mol. The molecule has 3 aromatic rings. The van der Waals surface area contributed by atoms with E-state index >= 15 is 0 Å². The molecule has 12 heteroatoms. The fourth-order valence-electron chi connectivity index (χ4n) is 3.12. The highest BCUT2D eigenvalue weighted by Crippen LogP contribution is 2.41. The van der Waals surface area contributed by atoms with Crippen LogP contribution in [0.4, 0.5) is 0 Å². The van der Waals surface area contributed by atoms with Crippen LogP contribution in [0.2, 0.25) is 10.0 Å². The summed E-state index contributed by atoms with van der Waals surface area (Å²) in [6.07, 6.45) is 0.477. The van der Waals surface area contributed by atoms with Gasteiger partial charge in [-0.25, -0.2) is 9.89 Å². The summed E-state index contributed by atoms with van der Waals surface area (Å²) >= 11 is 12.6. The van der Waals surface area contributed by atoms with Crippen molar-refractivity contribution in [1.82, 2.24) is 25.0 Å². The molecular formula is C18H12Cl2N6O4. The van der Waals surface area contributed by atoms with Gasteiger partial charge >= 0.3 is 5.69 Å². The Morgan fingerprint density at radius 3 is 2.70 bits per heavy atom. The van der Waals surface area contributed by atoms with Crippen molar-refractivity contribution in [3.63, 3.8) is 0 Å². The number of nitriles is 1. The van der Waals surface area contributed by atoms with Gasteiger partial charge in [-0.3, -0.25) is 14.6 Å². The van der Waals surface area contributed by atoms with E-state index in [1.54, 1.807) is 6.07 Å². The van der Waals surface area contributed by atoms with Gasteiger partial charge in [-0.2, -0.15) is 9.94 Å². The summed E-state index contributed by atoms with van der Waals surface area (Å²) in [5.41, 5.74) is -2.55. The molecule has 0 fully saturated rings. The van der Waals surface area contributed by atoms with E-state index in [2.05, 4.69) is 15.3 Å². The Hall–Kier alpha value is -3.42. The molecule has 0 amide bonds. The maximum Gasteiger partial charge on any atom is 0.349 e. The molecule has 0 aliphatic heterocycles. The van der Waals surface area contributed by atoms with Crippen molar-refractivity contribution in [2.45, 2.75) is 25.6 Å². The number of ether oxygens (including phenoxy) is 1. The van der Waals surface area contributed by atoms with Crippen molar-refractivity contribution in [3.05, 3.63) is 70.2 Å². The van der Waals surface area contributed by atoms with Gasteiger partial charge in [0, 0.05) is 15.2 Å². The molecule has 1 aliphatic carbocycles. The monoisotopic (exact) mass is 449 g/mol. The van der Waals surface area contributed by atoms with E-state index in [0.29, 0.717) is 5.56 Å². The molecule has 0 saturated heterocycles. The van der Waals surface area contributed by atoms with Gasteiger partial charge < -0.3 is 4.74 Å². The van der Waals surface area contributed by atoms with Crippen molar-refractivity contribution >= 4 is 23.2 Å². The van der Waals surface area contributed by atoms with E-state index in [-0.39, 0.29) is 45.8 Å². The Kier molecular flexibility index (Phi) is 4.06. The molecule has 4 rings (SSSR count). The number of halogens is 2. The number of fused-ring (bicyclic) bond motifs is 1. The highest BCUT2D eigenvalue weighted by atomic mass is 35.5. The molecule has 1 atom stereocenters. The van der Waals surface area contributed by atoms with E-state index in [4.69, 9.17) is 37.3 Å². The Morgan fingerprint density at radius 1 is 1.30 bits per heavy atom. The average Bonchev–Trinajstić information content (AvgIpc) is 3.19. The lowest BCUT2D eigenvalue weighted by molar-refractivity contribution is 0.448. The van der Waals surface area contributed by atoms with Gasteiger partial charge in [-0.15, -0.1) is 10.2 Å². The second-order valence-corrected chi connectivity index (χ2v) is 7.13. The van der Waals surface area contributed by atoms with E-state index in [1.165, 1.54) is 12.1 Å². The Morgan fingerprint density at radius 2 is 2.03 bits per heavy atom. The number of aromatic amines is 2. The van der Waals surface area contributed by atoms with E-state index in [9.17, 15) is 14.4 Å². The van der Waals surface area contributed by atoms with Crippen molar-refractivity contribution in [1.29, 1.82) is 5.26 Å². The first-order valence-corrected chi connectivity index (χ1v) is 9.19. The molecule has 0 spiro atoms. The molecule has 30 heavy (non-hydrogen) atoms. The number of benzene rings is 1. The normalized spacial score (nSPS) is 16.8. The predicted molar refractivity (Wildman–Crippen MR) is 107 cm³/mol. The summed E-state index contributed by atoms with van der Waals surface area (Å²) < 4.78 is 29.5. The number of hydrogen-bond donors (Lipinski definition) is 2. The van der Waals surface area contributed by atoms with E-state index in [0.717, 1.165) is 4.68 Å². The van der Waals surface area contributed by atoms with Crippen molar-refractivity contribution < 1.29 is 8.85 Å². The smallest absolute Gasteiger partial charge is 0.349 e. The zero-order valence-corrected chi connectivity index (χ0v) is 16.3. The molecule has 10 nitrogen and oxygen atoms in total. The number of nitrogens with zero attached hydrogens (tertiary/aromatic N) is 4. The lowest BCUT2D eigenvalue weighted by Crippen LogP contribution is -2.33. The maximum atomic E-state index is 12.3. The first kappa shape index (κ1) is 16.4. The SMILES string of the molecule is [2H]C([2H])([2H])C1CCc2c(Oc3c(Cl)cc(-n4nc(C#N)c(=O)[nH]c4=O)cc3Cl)n[nH]c(=O)c21. The molecule has 1 aromatic carbocycles. The van der Waals surface area contributed by atoms with Crippen molar-refractivity contribution in [2.24, 2.45) is 0 Å². The lowest BCUT2D eigenvalue weighted by Gasteiger charge is -2.13. The van der Waals surface area contributed by atoms with Crippen LogP contribution >= 0.6 is 23.2 Å². The van der Waals surface area contributed by atoms with Gasteiger partial charge in [0.15, 0.2) is 5.75 Å². The largest absolute Gasteiger partial charge is 0.434 e. The summed E-state index contributed by atoms with van der Waals surface area (Å²) in [6, 6.07) is 4.08. The molecular weight excluding hydrogens is 435 g/mol. The van der Waals surface area contributed by atoms with Crippen LogP contribution in [0.1, 0.15) is 40.1 Å². The number of H-pyrrole nitrogens is 2. The van der Waals surface area contributed by atoms with E-state index in [1.807, 2.05) is 4.98 Å². The molecule has 0 saturated carbocycles. The quantitative estimate of drug-likeness (QED) is 0.621. The van der Waals surface area contributed by atoms with Crippen LogP contribution in [0.3, 0.4) is 0 Å². The summed E-state index contributed by atoms with van der Waals surface area (Å²) in [6.45, 7) is -2.37. The number of hydrogen-bond acceptors (Lipinski definition) is 7. The van der Waals surface area contributed by atoms with Crippen molar-refractivity contribution in [2.75, 3.05) is 0 Å². The standard InChI is InChI=1S/C18H12Cl2N6O4/c1-7-2-3-9-13(7)16(28)23-24-17(9)30-14-10(19)4-8(5-11(14)20)26-18(29)22-15(27)12(6-21)25-26/h4-5,7H,2-3H2,1H3,(H,23,28)(H,22,27,29)/i1D3. The second kappa shape index (κ2) is 7.44. The van der Waals surface area contributed by atoms with Crippen LogP contribution in [-0.4, -0.2) is 25.0 Å². The minimum Gasteiger partial charge on any atom is -0.434 e. The van der Waals surface area contributed by atoms with Crippen LogP contribution in [0.15, 0.2) is 26.5 Å². The Labute approximate surface area is 181 Å². The van der Waals surface area contributed by atoms with Crippen LogP contribution < -0.4 is 21.5 Å². The van der Waals surface area contributed by atoms with Gasteiger partial charge in [0.1, 0.15) is 6.07 Å². The third-order valence-corrected chi connectivity index (χ3v) is 5.04. The molecule has 1 aliphatic rings. The third kappa shape index (κ3) is 3.28. The molecule has 0 radical (unpaired) electrons. The van der Waals surface area contributed by atoms with Gasteiger partial charge in [0.05, 0.1) is 15.7 Å². The zero-order valence-electron chi connectivity index (χ0n) is 17.8. The number of aromatic nitrogens is 5. The maximum absolute atomic E-state index is 12.3. The van der Waals surface area contributed by atoms with Crippen molar-refractivity contribution in [3.8, 4) is 23.4 Å². The molecule has 2 aromatic heterocycles. The number of nitrogens with one attached hydrogen (secondary N) is 2. The number of rotatable bonds is 3. The van der Waals surface area contributed by atoms with Crippen LogP contribution in [0, 0.1) is 11.3 Å². The molecule has 1 unspecified atom stereocenters. The highest BCUT2D eigenvalue weighted by Gasteiger charge is 2.27. The highest BCUT2D eigenvalue weighted by molar-refractivity contribution is 6.37. The topological polar surface area (TPSA) is 147 Å². The predicted octanol–water partition coefficient (Wildman–Crippen LogP) is 2.02. The van der Waals surface area contributed by atoms with Gasteiger partial charge in [0.25, 0.3) is 11.1 Å². The van der Waals surface area contributed by atoms with E-state index < -0.39 is 35.3 Å². The molecule has 2 heterocycles. The second-order valence-electron chi connectivity index (χ2n) is 6.31. The zero-order chi connectivity index (χ0) is 24.1. The third-order valence-electron chi connectivity index (χ3n) is 4.48. The molecule has 152 valence electrons. The van der Waals surface area contributed by atoms with Crippen LogP contribution in [0.25, 0.3) is 5.69 Å². The Balaban J connectivity index is 1.77. The van der Waals surface area contributed by atoms with Gasteiger partial charge in [-0.1, -0.05) is 30.1 Å². The molecule has 2 N–H and O–H groups in total. The van der Waals surface area contributed by atoms with Crippen LogP contribution in [0.5, 0.6) is 11.6 Å². The minimum atomic E-state index is -2.37. The minimum absolute atomic E-state index is 0.0391. The molecule has 0 bridgehead atoms. The first-order chi connectivity index (χ1) is 15.5. The summed E-state index contributed by atoms with van der Waals surface area (Å²) in [5, 5.41) is 18.6. The fourth-order valence-corrected chi connectivity index (χ4v) is 3.67. The lowest BCUT2D eigenvalue weighted by atomic mass is 10.1. The van der Waals surface area contributed by atoms with Gasteiger partial charge in [-0.05, 0) is 30.9 Å².